The summed E-state index contributed by atoms with van der Waals surface area (Å²) in [4.78, 5) is 25.8. The number of nitrogens with one attached hydrogen (secondary N) is 1. The molecule has 6 rings (SSSR count). The van der Waals surface area contributed by atoms with Gasteiger partial charge in [-0.2, -0.15) is 0 Å². The van der Waals surface area contributed by atoms with Crippen LogP contribution in [0.5, 0.6) is 0 Å². The van der Waals surface area contributed by atoms with E-state index in [-0.39, 0.29) is 30.4 Å². The fraction of sp³-hybridized carbons (Fsp3) is 0.484. The van der Waals surface area contributed by atoms with Crippen LogP contribution in [-0.2, 0) is 26.3 Å². The number of halogens is 1. The zero-order valence-corrected chi connectivity index (χ0v) is 21.4. The molecule has 36 heavy (non-hydrogen) atoms. The SMILES string of the molecule is Cc1cc(C=CC(=O)OCc2ccccc2)cc(C(C)(C)C(=O)NC2[C@@H]3CC4C[C@H]2CC(F)(C4)C3)c1. The molecule has 4 aliphatic carbocycles. The van der Waals surface area contributed by atoms with Crippen LogP contribution in [0.4, 0.5) is 4.39 Å². The number of esters is 1. The number of amides is 1. The topological polar surface area (TPSA) is 55.4 Å². The molecule has 4 fully saturated rings. The molecule has 2 aromatic rings. The molecule has 1 N–H and O–H groups in total. The molecule has 5 atom stereocenters. The van der Waals surface area contributed by atoms with Gasteiger partial charge in [0.1, 0.15) is 12.3 Å². The molecule has 4 nitrogen and oxygen atoms in total. The van der Waals surface area contributed by atoms with E-state index in [2.05, 4.69) is 5.32 Å². The molecule has 190 valence electrons. The Kier molecular flexibility index (Phi) is 6.52. The molecule has 3 unspecified atom stereocenters. The molecule has 1 amide bonds. The van der Waals surface area contributed by atoms with Crippen LogP contribution >= 0.6 is 0 Å². The maximum atomic E-state index is 15.1. The summed E-state index contributed by atoms with van der Waals surface area (Å²) in [6.45, 7) is 6.08. The Balaban J connectivity index is 1.25. The van der Waals surface area contributed by atoms with E-state index in [0.717, 1.165) is 35.1 Å². The number of alkyl halides is 1. The van der Waals surface area contributed by atoms with Gasteiger partial charge in [0.2, 0.25) is 5.91 Å². The Morgan fingerprint density at radius 3 is 2.44 bits per heavy atom. The molecule has 0 spiro atoms. The zero-order chi connectivity index (χ0) is 25.5. The molecule has 2 aromatic carbocycles. The lowest BCUT2D eigenvalue weighted by molar-refractivity contribution is -0.139. The minimum absolute atomic E-state index is 0.0179. The Hall–Kier alpha value is -2.95. The minimum atomic E-state index is -1.01. The van der Waals surface area contributed by atoms with Crippen molar-refractivity contribution in [1.82, 2.24) is 5.32 Å². The molecule has 0 aliphatic heterocycles. The number of carbonyl (C=O) groups excluding carboxylic acids is 2. The third kappa shape index (κ3) is 5.11. The molecule has 0 aromatic heterocycles. The number of hydrogen-bond donors (Lipinski definition) is 1. The number of carbonyl (C=O) groups is 2. The van der Waals surface area contributed by atoms with Gasteiger partial charge in [0.25, 0.3) is 0 Å². The van der Waals surface area contributed by atoms with Crippen molar-refractivity contribution in [3.63, 3.8) is 0 Å². The van der Waals surface area contributed by atoms with Crippen molar-refractivity contribution < 1.29 is 18.7 Å². The summed E-state index contributed by atoms with van der Waals surface area (Å²) in [6.07, 6.45) is 7.12. The summed E-state index contributed by atoms with van der Waals surface area (Å²) in [5, 5.41) is 3.34. The van der Waals surface area contributed by atoms with Crippen LogP contribution in [0, 0.1) is 24.7 Å². The summed E-state index contributed by atoms with van der Waals surface area (Å²) < 4.78 is 20.4. The van der Waals surface area contributed by atoms with Gasteiger partial charge >= 0.3 is 5.97 Å². The molecular formula is C31H36FNO3. The Morgan fingerprint density at radius 1 is 1.08 bits per heavy atom. The Bertz CT molecular complexity index is 1160. The molecule has 5 heteroatoms. The van der Waals surface area contributed by atoms with Crippen LogP contribution in [0.1, 0.15) is 68.2 Å². The fourth-order valence-electron chi connectivity index (χ4n) is 6.83. The second-order valence-electron chi connectivity index (χ2n) is 11.8. The van der Waals surface area contributed by atoms with Crippen LogP contribution in [-0.4, -0.2) is 23.6 Å². The van der Waals surface area contributed by atoms with Gasteiger partial charge in [0, 0.05) is 12.1 Å². The van der Waals surface area contributed by atoms with Crippen LogP contribution in [0.15, 0.2) is 54.6 Å². The van der Waals surface area contributed by atoms with E-state index in [9.17, 15) is 9.59 Å². The zero-order valence-electron chi connectivity index (χ0n) is 21.4. The quantitative estimate of drug-likeness (QED) is 0.380. The highest BCUT2D eigenvalue weighted by molar-refractivity contribution is 5.89. The molecule has 0 saturated heterocycles. The summed E-state index contributed by atoms with van der Waals surface area (Å²) in [5.74, 6) is 0.555. The predicted molar refractivity (Wildman–Crippen MR) is 139 cm³/mol. The van der Waals surface area contributed by atoms with Crippen molar-refractivity contribution in [3.8, 4) is 0 Å². The van der Waals surface area contributed by atoms with E-state index in [1.807, 2.05) is 69.3 Å². The van der Waals surface area contributed by atoms with E-state index in [4.69, 9.17) is 4.74 Å². The first-order valence-corrected chi connectivity index (χ1v) is 13.1. The van der Waals surface area contributed by atoms with E-state index in [1.165, 1.54) is 6.08 Å². The first kappa shape index (κ1) is 24.7. The van der Waals surface area contributed by atoms with E-state index >= 15 is 4.39 Å². The van der Waals surface area contributed by atoms with Crippen LogP contribution in [0.3, 0.4) is 0 Å². The van der Waals surface area contributed by atoms with Gasteiger partial charge in [0.05, 0.1) is 5.41 Å². The van der Waals surface area contributed by atoms with E-state index < -0.39 is 17.1 Å². The highest BCUT2D eigenvalue weighted by Gasteiger charge is 2.56. The summed E-state index contributed by atoms with van der Waals surface area (Å²) >= 11 is 0. The number of hydrogen-bond acceptors (Lipinski definition) is 3. The second kappa shape index (κ2) is 9.49. The smallest absolute Gasteiger partial charge is 0.331 e. The van der Waals surface area contributed by atoms with Crippen molar-refractivity contribution in [3.05, 3.63) is 76.9 Å². The standard InChI is InChI=1S/C31H36FNO3/c1-20-11-22(9-10-27(34)36-19-21-7-5-4-6-8-21)15-26(12-20)30(2,3)29(35)33-28-24-13-23-14-25(28)18-31(32,16-23)17-24/h4-12,15,23-25,28H,13-14,16-19H2,1-3H3,(H,33,35)/t23?,24-,25+,28?,31?. The maximum absolute atomic E-state index is 15.1. The van der Waals surface area contributed by atoms with Crippen molar-refractivity contribution in [2.45, 2.75) is 76.6 Å². The van der Waals surface area contributed by atoms with E-state index in [0.29, 0.717) is 25.2 Å². The molecule has 4 bridgehead atoms. The highest BCUT2D eigenvalue weighted by Crippen LogP contribution is 2.57. The van der Waals surface area contributed by atoms with Crippen molar-refractivity contribution in [2.75, 3.05) is 0 Å². The summed E-state index contributed by atoms with van der Waals surface area (Å²) in [7, 11) is 0. The van der Waals surface area contributed by atoms with E-state index in [1.54, 1.807) is 6.08 Å². The third-order valence-electron chi connectivity index (χ3n) is 8.52. The summed E-state index contributed by atoms with van der Waals surface area (Å²) in [5.41, 5.74) is 1.92. The number of benzene rings is 2. The van der Waals surface area contributed by atoms with Crippen molar-refractivity contribution >= 4 is 18.0 Å². The monoisotopic (exact) mass is 489 g/mol. The number of aryl methyl sites for hydroxylation is 1. The summed E-state index contributed by atoms with van der Waals surface area (Å²) in [6, 6.07) is 15.6. The second-order valence-corrected chi connectivity index (χ2v) is 11.8. The first-order chi connectivity index (χ1) is 17.1. The van der Waals surface area contributed by atoms with Gasteiger partial charge < -0.3 is 10.1 Å². The maximum Gasteiger partial charge on any atom is 0.331 e. The van der Waals surface area contributed by atoms with Crippen LogP contribution < -0.4 is 5.32 Å². The lowest BCUT2D eigenvalue weighted by atomic mass is 9.53. The van der Waals surface area contributed by atoms with Gasteiger partial charge in [-0.05, 0) is 93.4 Å². The minimum Gasteiger partial charge on any atom is -0.458 e. The highest BCUT2D eigenvalue weighted by atomic mass is 19.1. The van der Waals surface area contributed by atoms with Crippen molar-refractivity contribution in [1.29, 1.82) is 0 Å². The van der Waals surface area contributed by atoms with Gasteiger partial charge in [-0.3, -0.25) is 4.79 Å². The average Bonchev–Trinajstić information content (AvgIpc) is 2.83. The van der Waals surface area contributed by atoms with Crippen LogP contribution in [0.25, 0.3) is 6.08 Å². The lowest BCUT2D eigenvalue weighted by Crippen LogP contribution is -2.61. The largest absolute Gasteiger partial charge is 0.458 e. The number of rotatable bonds is 7. The number of ether oxygens (including phenoxy) is 1. The molecule has 0 heterocycles. The lowest BCUT2D eigenvalue weighted by Gasteiger charge is -2.57. The third-order valence-corrected chi connectivity index (χ3v) is 8.52. The molecule has 4 saturated carbocycles. The Labute approximate surface area is 213 Å². The normalized spacial score (nSPS) is 28.9. The molecule has 4 aliphatic rings. The van der Waals surface area contributed by atoms with Crippen molar-refractivity contribution in [2.24, 2.45) is 17.8 Å². The first-order valence-electron chi connectivity index (χ1n) is 13.1. The Morgan fingerprint density at radius 2 is 1.78 bits per heavy atom. The predicted octanol–water partition coefficient (Wildman–Crippen LogP) is 6.06. The van der Waals surface area contributed by atoms with Crippen LogP contribution in [0.2, 0.25) is 0 Å². The molecular weight excluding hydrogens is 453 g/mol. The average molecular weight is 490 g/mol. The van der Waals surface area contributed by atoms with Gasteiger partial charge in [-0.25, -0.2) is 9.18 Å². The van der Waals surface area contributed by atoms with Gasteiger partial charge in [-0.15, -0.1) is 0 Å². The fourth-order valence-corrected chi connectivity index (χ4v) is 6.83. The molecule has 0 radical (unpaired) electrons. The van der Waals surface area contributed by atoms with Gasteiger partial charge in [0.15, 0.2) is 0 Å². The van der Waals surface area contributed by atoms with Gasteiger partial charge in [-0.1, -0.05) is 54.1 Å².